The van der Waals surface area contributed by atoms with Crippen molar-refractivity contribution in [2.75, 3.05) is 30.0 Å². The Hall–Kier alpha value is -4.72. The number of anilines is 3. The van der Waals surface area contributed by atoms with Crippen LogP contribution in [0.25, 0.3) is 0 Å². The SMILES string of the molecule is CCN1c2ncc(CCOc3ccc(C(=O)OCc4ccccc4)c4c3CCC4)cc2C(=O)N(C)c2cccnc21. The first-order valence-electron chi connectivity index (χ1n) is 14.0. The normalized spacial score (nSPS) is 13.8. The van der Waals surface area contributed by atoms with Gasteiger partial charge in [-0.05, 0) is 78.8 Å². The number of aromatic nitrogens is 2. The molecular formula is C33H32N4O4. The number of ether oxygens (including phenoxy) is 2. The molecule has 1 amide bonds. The highest BCUT2D eigenvalue weighted by Gasteiger charge is 2.30. The molecule has 2 aromatic heterocycles. The first-order valence-corrected chi connectivity index (χ1v) is 14.0. The predicted molar refractivity (Wildman–Crippen MR) is 157 cm³/mol. The first kappa shape index (κ1) is 26.5. The van der Waals surface area contributed by atoms with Gasteiger partial charge in [0.15, 0.2) is 5.82 Å². The number of esters is 1. The van der Waals surface area contributed by atoms with Crippen LogP contribution < -0.4 is 14.5 Å². The van der Waals surface area contributed by atoms with Crippen molar-refractivity contribution in [3.63, 3.8) is 0 Å². The van der Waals surface area contributed by atoms with E-state index in [1.165, 1.54) is 0 Å². The van der Waals surface area contributed by atoms with Crippen LogP contribution in [0.3, 0.4) is 0 Å². The molecule has 0 atom stereocenters. The fourth-order valence-electron chi connectivity index (χ4n) is 5.64. The van der Waals surface area contributed by atoms with Crippen molar-refractivity contribution in [2.45, 2.75) is 39.2 Å². The van der Waals surface area contributed by atoms with Crippen molar-refractivity contribution in [2.24, 2.45) is 0 Å². The van der Waals surface area contributed by atoms with Gasteiger partial charge in [-0.25, -0.2) is 14.8 Å². The summed E-state index contributed by atoms with van der Waals surface area (Å²) in [4.78, 5) is 39.1. The molecule has 4 aromatic rings. The van der Waals surface area contributed by atoms with Gasteiger partial charge in [0.1, 0.15) is 18.2 Å². The molecule has 0 saturated heterocycles. The molecule has 3 heterocycles. The number of pyridine rings is 2. The van der Waals surface area contributed by atoms with Gasteiger partial charge in [0.2, 0.25) is 0 Å². The smallest absolute Gasteiger partial charge is 0.338 e. The van der Waals surface area contributed by atoms with Crippen molar-refractivity contribution < 1.29 is 19.1 Å². The summed E-state index contributed by atoms with van der Waals surface area (Å²) >= 11 is 0. The number of fused-ring (bicyclic) bond motifs is 3. The molecule has 6 rings (SSSR count). The molecule has 0 fully saturated rings. The Morgan fingerprint density at radius 2 is 1.78 bits per heavy atom. The predicted octanol–water partition coefficient (Wildman–Crippen LogP) is 5.69. The van der Waals surface area contributed by atoms with Crippen LogP contribution in [0.4, 0.5) is 17.3 Å². The Bertz CT molecular complexity index is 1600. The Balaban J connectivity index is 1.15. The van der Waals surface area contributed by atoms with E-state index in [1.807, 2.05) is 78.7 Å². The van der Waals surface area contributed by atoms with Crippen molar-refractivity contribution in [3.05, 3.63) is 106 Å². The van der Waals surface area contributed by atoms with Crippen molar-refractivity contribution in [1.29, 1.82) is 0 Å². The molecule has 1 aliphatic heterocycles. The molecule has 8 heteroatoms. The molecule has 2 aromatic carbocycles. The Labute approximate surface area is 239 Å². The van der Waals surface area contributed by atoms with Gasteiger partial charge in [-0.15, -0.1) is 0 Å². The third-order valence-corrected chi connectivity index (χ3v) is 7.74. The van der Waals surface area contributed by atoms with Crippen LogP contribution >= 0.6 is 0 Å². The van der Waals surface area contributed by atoms with E-state index in [2.05, 4.69) is 4.98 Å². The van der Waals surface area contributed by atoms with E-state index in [1.54, 1.807) is 18.1 Å². The largest absolute Gasteiger partial charge is 0.493 e. The van der Waals surface area contributed by atoms with Gasteiger partial charge < -0.3 is 19.3 Å². The van der Waals surface area contributed by atoms with Gasteiger partial charge in [-0.3, -0.25) is 4.79 Å². The summed E-state index contributed by atoms with van der Waals surface area (Å²) in [5.74, 6) is 1.71. The lowest BCUT2D eigenvalue weighted by molar-refractivity contribution is 0.0471. The molecule has 1 aliphatic carbocycles. The van der Waals surface area contributed by atoms with E-state index in [9.17, 15) is 9.59 Å². The van der Waals surface area contributed by atoms with Crippen molar-refractivity contribution in [3.8, 4) is 5.75 Å². The minimum atomic E-state index is -0.303. The molecule has 8 nitrogen and oxygen atoms in total. The second-order valence-corrected chi connectivity index (χ2v) is 10.3. The van der Waals surface area contributed by atoms with Crippen LogP contribution in [0.15, 0.2) is 73.1 Å². The summed E-state index contributed by atoms with van der Waals surface area (Å²) in [6.07, 6.45) is 6.80. The van der Waals surface area contributed by atoms with Gasteiger partial charge >= 0.3 is 5.97 Å². The molecule has 208 valence electrons. The lowest BCUT2D eigenvalue weighted by Crippen LogP contribution is -2.25. The van der Waals surface area contributed by atoms with E-state index in [0.717, 1.165) is 58.8 Å². The van der Waals surface area contributed by atoms with Crippen LogP contribution in [0.2, 0.25) is 0 Å². The average Bonchev–Trinajstić information content (AvgIpc) is 3.48. The fourth-order valence-corrected chi connectivity index (χ4v) is 5.64. The van der Waals surface area contributed by atoms with Gasteiger partial charge in [-0.1, -0.05) is 30.3 Å². The standard InChI is InChI=1S/C33H32N4O4/c1-3-37-30-27(32(38)36(2)28-13-8-17-34-31(28)37)19-23(20-35-30)16-18-40-29-15-14-26(24-11-7-12-25(24)29)33(39)41-21-22-9-5-4-6-10-22/h4-6,8-10,13-15,17,19-20H,3,7,11-12,16,18,21H2,1-2H3. The Morgan fingerprint density at radius 3 is 2.61 bits per heavy atom. The Kier molecular flexibility index (Phi) is 7.37. The number of amides is 1. The summed E-state index contributed by atoms with van der Waals surface area (Å²) in [5, 5.41) is 0. The minimum Gasteiger partial charge on any atom is -0.493 e. The molecule has 41 heavy (non-hydrogen) atoms. The van der Waals surface area contributed by atoms with E-state index >= 15 is 0 Å². The molecule has 2 aliphatic rings. The second-order valence-electron chi connectivity index (χ2n) is 10.3. The topological polar surface area (TPSA) is 84.9 Å². The molecule has 0 bridgehead atoms. The number of rotatable bonds is 8. The molecule has 0 saturated carbocycles. The number of nitrogens with zero attached hydrogens (tertiary/aromatic N) is 4. The van der Waals surface area contributed by atoms with Crippen LogP contribution in [0, 0.1) is 0 Å². The lowest BCUT2D eigenvalue weighted by Gasteiger charge is -2.22. The summed E-state index contributed by atoms with van der Waals surface area (Å²) in [5.41, 5.74) is 5.90. The van der Waals surface area contributed by atoms with E-state index in [4.69, 9.17) is 14.5 Å². The van der Waals surface area contributed by atoms with Gasteiger partial charge in [0.25, 0.3) is 5.91 Å². The number of benzene rings is 2. The molecule has 0 N–H and O–H groups in total. The summed E-state index contributed by atoms with van der Waals surface area (Å²) in [7, 11) is 1.77. The van der Waals surface area contributed by atoms with Gasteiger partial charge in [0.05, 0.1) is 23.4 Å². The third-order valence-electron chi connectivity index (χ3n) is 7.74. The zero-order valence-corrected chi connectivity index (χ0v) is 23.3. The highest BCUT2D eigenvalue weighted by molar-refractivity contribution is 6.12. The van der Waals surface area contributed by atoms with Gasteiger partial charge in [-0.2, -0.15) is 0 Å². The van der Waals surface area contributed by atoms with Crippen LogP contribution in [-0.2, 0) is 30.6 Å². The first-order chi connectivity index (χ1) is 20.0. The maximum Gasteiger partial charge on any atom is 0.338 e. The zero-order valence-electron chi connectivity index (χ0n) is 23.3. The summed E-state index contributed by atoms with van der Waals surface area (Å²) in [6, 6.07) is 19.0. The molecule has 0 unspecified atom stereocenters. The van der Waals surface area contributed by atoms with Crippen LogP contribution in [-0.4, -0.2) is 42.0 Å². The maximum atomic E-state index is 13.4. The molecule has 0 spiro atoms. The van der Waals surface area contributed by atoms with Crippen LogP contribution in [0.1, 0.15) is 56.3 Å². The number of carbonyl (C=O) groups is 2. The van der Waals surface area contributed by atoms with E-state index < -0.39 is 0 Å². The third kappa shape index (κ3) is 5.13. The molecular weight excluding hydrogens is 516 g/mol. The minimum absolute atomic E-state index is 0.118. The summed E-state index contributed by atoms with van der Waals surface area (Å²) < 4.78 is 11.8. The van der Waals surface area contributed by atoms with Crippen LogP contribution in [0.5, 0.6) is 5.75 Å². The van der Waals surface area contributed by atoms with Crippen molar-refractivity contribution >= 4 is 29.2 Å². The zero-order chi connectivity index (χ0) is 28.3. The lowest BCUT2D eigenvalue weighted by atomic mass is 10.0. The highest BCUT2D eigenvalue weighted by Crippen LogP contribution is 2.38. The number of hydrogen-bond acceptors (Lipinski definition) is 7. The van der Waals surface area contributed by atoms with Gasteiger partial charge in [0, 0.05) is 32.4 Å². The summed E-state index contributed by atoms with van der Waals surface area (Å²) in [6.45, 7) is 3.33. The Morgan fingerprint density at radius 1 is 0.951 bits per heavy atom. The highest BCUT2D eigenvalue weighted by atomic mass is 16.5. The monoisotopic (exact) mass is 548 g/mol. The second kappa shape index (κ2) is 11.4. The maximum absolute atomic E-state index is 13.4. The van der Waals surface area contributed by atoms with E-state index in [-0.39, 0.29) is 18.5 Å². The number of carbonyl (C=O) groups excluding carboxylic acids is 2. The van der Waals surface area contributed by atoms with Crippen molar-refractivity contribution in [1.82, 2.24) is 9.97 Å². The average molecular weight is 549 g/mol. The molecule has 0 radical (unpaired) electrons. The van der Waals surface area contributed by atoms with E-state index in [0.29, 0.717) is 36.5 Å². The number of hydrogen-bond donors (Lipinski definition) is 0. The fraction of sp³-hybridized carbons (Fsp3) is 0.273. The quantitative estimate of drug-likeness (QED) is 0.262.